The van der Waals surface area contributed by atoms with Crippen molar-refractivity contribution in [3.8, 4) is 6.07 Å². The molecule has 0 aromatic heterocycles. The van der Waals surface area contributed by atoms with E-state index in [1.165, 1.54) is 14.3 Å². The van der Waals surface area contributed by atoms with Crippen LogP contribution in [0.2, 0.25) is 0 Å². The van der Waals surface area contributed by atoms with Gasteiger partial charge in [0.05, 0.1) is 11.6 Å². The summed E-state index contributed by atoms with van der Waals surface area (Å²) in [4.78, 5) is 27.8. The van der Waals surface area contributed by atoms with Gasteiger partial charge in [0.15, 0.2) is 11.5 Å². The van der Waals surface area contributed by atoms with Gasteiger partial charge in [0.2, 0.25) is 0 Å². The van der Waals surface area contributed by atoms with Gasteiger partial charge in [-0.25, -0.2) is 4.79 Å². The number of nitrogens with zero attached hydrogens (tertiary/aromatic N) is 2. The van der Waals surface area contributed by atoms with Gasteiger partial charge >= 0.3 is 13.4 Å². The van der Waals surface area contributed by atoms with Gasteiger partial charge in [-0.15, -0.1) is 0 Å². The number of benzene rings is 2. The number of esters is 1. The molecule has 2 aromatic carbocycles. The fourth-order valence-corrected chi connectivity index (χ4v) is 2.17. The highest BCUT2D eigenvalue weighted by molar-refractivity contribution is 6.69. The summed E-state index contributed by atoms with van der Waals surface area (Å²) in [5.74, 6) is -1.26. The van der Waals surface area contributed by atoms with Crippen molar-refractivity contribution in [1.29, 1.82) is 5.26 Å². The molecule has 0 aliphatic rings. The highest BCUT2D eigenvalue weighted by atomic mass is 16.5. The summed E-state index contributed by atoms with van der Waals surface area (Å²) >= 11 is 0. The Balaban J connectivity index is 2.10. The summed E-state index contributed by atoms with van der Waals surface area (Å²) in [6, 6.07) is 16.4. The third-order valence-electron chi connectivity index (χ3n) is 3.31. The Labute approximate surface area is 147 Å². The monoisotopic (exact) mass is 331 g/mol. The van der Waals surface area contributed by atoms with Crippen LogP contribution in [0.25, 0.3) is 0 Å². The number of ketones is 1. The van der Waals surface area contributed by atoms with Crippen LogP contribution in [0.1, 0.15) is 23.6 Å². The van der Waals surface area contributed by atoms with Gasteiger partial charge < -0.3 is 9.64 Å². The predicted molar refractivity (Wildman–Crippen MR) is 95.6 cm³/mol. The molecule has 0 unspecified atom stereocenters. The van der Waals surface area contributed by atoms with E-state index in [-0.39, 0.29) is 12.3 Å². The molecule has 0 amide bonds. The van der Waals surface area contributed by atoms with Crippen molar-refractivity contribution in [2.24, 2.45) is 4.90 Å². The lowest BCUT2D eigenvalue weighted by atomic mass is 9.81. The Morgan fingerprint density at radius 1 is 1.20 bits per heavy atom. The summed E-state index contributed by atoms with van der Waals surface area (Å²) in [5, 5.41) is 8.99. The topological polar surface area (TPSA) is 79.5 Å². The first-order valence-electron chi connectivity index (χ1n) is 7.64. The molecule has 5 nitrogen and oxygen atoms in total. The van der Waals surface area contributed by atoms with Gasteiger partial charge in [-0.2, -0.15) is 5.26 Å². The molecule has 0 heterocycles. The first-order valence-corrected chi connectivity index (χ1v) is 7.64. The third-order valence-corrected chi connectivity index (χ3v) is 3.31. The molecule has 2 aromatic rings. The molecule has 0 fully saturated rings. The molecule has 0 aliphatic heterocycles. The zero-order valence-electron chi connectivity index (χ0n) is 14.0. The number of hydrogen-bond acceptors (Lipinski definition) is 5. The molecule has 0 N–H and O–H groups in total. The van der Waals surface area contributed by atoms with Crippen LogP contribution in [0.4, 0.5) is 0 Å². The first kappa shape index (κ1) is 18.1. The number of aryl methyl sites for hydroxylation is 1. The first-order chi connectivity index (χ1) is 12.0. The van der Waals surface area contributed by atoms with Crippen molar-refractivity contribution in [3.63, 3.8) is 0 Å². The van der Waals surface area contributed by atoms with Crippen molar-refractivity contribution >= 4 is 30.3 Å². The normalized spacial score (nSPS) is 10.7. The van der Waals surface area contributed by atoms with Crippen molar-refractivity contribution < 1.29 is 14.3 Å². The van der Waals surface area contributed by atoms with Crippen LogP contribution in [-0.2, 0) is 20.9 Å². The maximum Gasteiger partial charge on any atom is 0.359 e. The van der Waals surface area contributed by atoms with Gasteiger partial charge in [0, 0.05) is 6.92 Å². The number of nitriles is 1. The smallest absolute Gasteiger partial charge is 0.359 e. The zero-order chi connectivity index (χ0) is 18.2. The number of carbonyl (C=O) groups is 2. The molecule has 0 saturated carbocycles. The maximum absolute atomic E-state index is 12.1. The Hall–Kier alpha value is -3.20. The second-order valence-electron chi connectivity index (χ2n) is 5.47. The van der Waals surface area contributed by atoms with E-state index >= 15 is 0 Å². The fraction of sp³-hybridized carbons (Fsp3) is 0.158. The number of ether oxygens (including phenoxy) is 1. The van der Waals surface area contributed by atoms with Crippen LogP contribution >= 0.6 is 0 Å². The lowest BCUT2D eigenvalue weighted by Crippen LogP contribution is -2.27. The van der Waals surface area contributed by atoms with Crippen molar-refractivity contribution in [1.82, 2.24) is 0 Å². The summed E-state index contributed by atoms with van der Waals surface area (Å²) in [5.41, 5.74) is 2.54. The Morgan fingerprint density at radius 2 is 1.92 bits per heavy atom. The fourth-order valence-electron chi connectivity index (χ4n) is 2.17. The van der Waals surface area contributed by atoms with Crippen molar-refractivity contribution in [2.75, 3.05) is 0 Å². The van der Waals surface area contributed by atoms with E-state index in [2.05, 4.69) is 11.0 Å². The predicted octanol–water partition coefficient (Wildman–Crippen LogP) is 1.88. The van der Waals surface area contributed by atoms with Crippen LogP contribution in [0, 0.1) is 18.3 Å². The molecule has 0 spiro atoms. The Kier molecular flexibility index (Phi) is 6.24. The quantitative estimate of drug-likeness (QED) is 0.350. The number of Topliss-reactive ketones (excluding diaryl/α,β-unsaturated/α-hetero) is 1. The minimum atomic E-state index is -0.777. The lowest BCUT2D eigenvalue weighted by molar-refractivity contribution is -0.137. The molecule has 0 saturated heterocycles. The third kappa shape index (κ3) is 5.43. The molecular weight excluding hydrogens is 315 g/mol. The number of carbonyl (C=O) groups excluding carboxylic acids is 2. The lowest BCUT2D eigenvalue weighted by Gasteiger charge is -2.06. The van der Waals surface area contributed by atoms with Gasteiger partial charge in [-0.3, -0.25) is 4.79 Å². The number of rotatable bonds is 6. The van der Waals surface area contributed by atoms with E-state index in [0.29, 0.717) is 11.0 Å². The zero-order valence-corrected chi connectivity index (χ0v) is 14.0. The summed E-state index contributed by atoms with van der Waals surface area (Å²) in [6.07, 6.45) is 0. The maximum atomic E-state index is 12.1. The van der Waals surface area contributed by atoms with Gasteiger partial charge in [0.1, 0.15) is 6.61 Å². The van der Waals surface area contributed by atoms with Crippen molar-refractivity contribution in [2.45, 2.75) is 20.5 Å². The minimum absolute atomic E-state index is 0.0645. The number of hydrogen-bond donors (Lipinski definition) is 0. The highest BCUT2D eigenvalue weighted by Gasteiger charge is 2.18. The van der Waals surface area contributed by atoms with E-state index in [9.17, 15) is 9.59 Å². The molecule has 0 atom stereocenters. The average Bonchev–Trinajstić information content (AvgIpc) is 2.60. The van der Waals surface area contributed by atoms with Crippen LogP contribution in [0.15, 0.2) is 53.4 Å². The minimum Gasteiger partial charge on any atom is -0.456 e. The van der Waals surface area contributed by atoms with E-state index in [1.807, 2.05) is 37.3 Å². The molecule has 0 bridgehead atoms. The van der Waals surface area contributed by atoms with Crippen LogP contribution < -0.4 is 5.46 Å². The molecule has 2 rings (SSSR count). The summed E-state index contributed by atoms with van der Waals surface area (Å²) in [7, 11) is 1.38. The van der Waals surface area contributed by atoms with Crippen LogP contribution in [0.3, 0.4) is 0 Å². The largest absolute Gasteiger partial charge is 0.456 e. The van der Waals surface area contributed by atoms with Crippen molar-refractivity contribution in [3.05, 3.63) is 65.2 Å². The summed E-state index contributed by atoms with van der Waals surface area (Å²) < 4.78 is 5.15. The summed E-state index contributed by atoms with van der Waals surface area (Å²) in [6.45, 7) is 3.17. The molecule has 123 valence electrons. The van der Waals surface area contributed by atoms with E-state index in [1.54, 1.807) is 18.2 Å². The highest BCUT2D eigenvalue weighted by Crippen LogP contribution is 2.03. The van der Waals surface area contributed by atoms with Gasteiger partial charge in [0.25, 0.3) is 0 Å². The molecule has 1 radical (unpaired) electrons. The molecular formula is C19H16BN2O3. The van der Waals surface area contributed by atoms with Crippen LogP contribution in [-0.4, -0.2) is 24.9 Å². The molecule has 0 aliphatic carbocycles. The Morgan fingerprint density at radius 3 is 2.56 bits per heavy atom. The standard InChI is InChI=1S/C19H16BN2O3/c1-13-8-16(11-21)10-17(9-13)20-22-18(14(2)23)19(24)25-12-15-6-4-3-5-7-15/h3-10H,12H2,1-2H3. The van der Waals surface area contributed by atoms with Gasteiger partial charge in [-0.1, -0.05) is 47.4 Å². The second-order valence-corrected chi connectivity index (χ2v) is 5.47. The van der Waals surface area contributed by atoms with E-state index in [4.69, 9.17) is 10.00 Å². The SMILES string of the molecule is CC(=O)C(=N[B]c1cc(C)cc(C#N)c1)C(=O)OCc1ccccc1. The molecule has 6 heteroatoms. The van der Waals surface area contributed by atoms with E-state index < -0.39 is 11.8 Å². The molecule has 25 heavy (non-hydrogen) atoms. The van der Waals surface area contributed by atoms with Crippen LogP contribution in [0.5, 0.6) is 0 Å². The average molecular weight is 331 g/mol. The second kappa shape index (κ2) is 8.60. The van der Waals surface area contributed by atoms with Gasteiger partial charge in [-0.05, 0) is 24.6 Å². The Bertz CT molecular complexity index is 855. The van der Waals surface area contributed by atoms with E-state index in [0.717, 1.165) is 11.1 Å².